The van der Waals surface area contributed by atoms with Crippen molar-refractivity contribution in [3.63, 3.8) is 0 Å². The van der Waals surface area contributed by atoms with Gasteiger partial charge in [0.2, 0.25) is 11.8 Å². The van der Waals surface area contributed by atoms with Crippen LogP contribution in [0.4, 0.5) is 4.79 Å². The topological polar surface area (TPSA) is 126 Å². The Bertz CT molecular complexity index is 1100. The summed E-state index contributed by atoms with van der Waals surface area (Å²) >= 11 is 0. The summed E-state index contributed by atoms with van der Waals surface area (Å²) in [6.45, 7) is 7.45. The van der Waals surface area contributed by atoms with Crippen molar-refractivity contribution in [2.75, 3.05) is 6.61 Å². The van der Waals surface area contributed by atoms with Crippen LogP contribution < -0.4 is 16.0 Å². The molecule has 3 rings (SSSR count). The molecule has 1 aliphatic heterocycles. The van der Waals surface area contributed by atoms with Crippen LogP contribution in [-0.2, 0) is 36.9 Å². The van der Waals surface area contributed by atoms with Gasteiger partial charge in [0.25, 0.3) is 0 Å². The second-order valence-corrected chi connectivity index (χ2v) is 9.93. The highest BCUT2D eigenvalue weighted by molar-refractivity contribution is 5.98. The maximum Gasteiger partial charge on any atom is 0.408 e. The van der Waals surface area contributed by atoms with Gasteiger partial charge in [0, 0.05) is 6.42 Å². The van der Waals surface area contributed by atoms with Crippen molar-refractivity contribution >= 4 is 23.7 Å². The number of Topliss-reactive ketones (excluding diaryl/α,β-unsaturated/α-hetero) is 1. The molecule has 9 nitrogen and oxygen atoms in total. The zero-order valence-electron chi connectivity index (χ0n) is 22.4. The van der Waals surface area contributed by atoms with Crippen molar-refractivity contribution in [3.05, 3.63) is 71.8 Å². The molecule has 9 heteroatoms. The van der Waals surface area contributed by atoms with E-state index < -0.39 is 41.6 Å². The molecule has 0 spiro atoms. The van der Waals surface area contributed by atoms with Crippen LogP contribution in [0.3, 0.4) is 0 Å². The maximum atomic E-state index is 13.4. The average Bonchev–Trinajstić information content (AvgIpc) is 3.68. The van der Waals surface area contributed by atoms with Gasteiger partial charge in [0.15, 0.2) is 5.78 Å². The number of amides is 3. The van der Waals surface area contributed by atoms with E-state index in [-0.39, 0.29) is 24.7 Å². The van der Waals surface area contributed by atoms with Gasteiger partial charge in [-0.05, 0) is 30.9 Å². The largest absolute Gasteiger partial charge is 0.445 e. The van der Waals surface area contributed by atoms with Crippen molar-refractivity contribution in [2.24, 2.45) is 5.92 Å². The SMILES string of the molecule is CC[C@@H](C)C(NC(=O)[C@H](Cc1ccccc1)NC(=O)C(C)NC(=O)OCc1ccccc1)C(=O)C1(C)CO1. The number of ketones is 1. The molecule has 1 fully saturated rings. The lowest BCUT2D eigenvalue weighted by Gasteiger charge is -2.28. The van der Waals surface area contributed by atoms with E-state index in [4.69, 9.17) is 9.47 Å². The van der Waals surface area contributed by atoms with Crippen molar-refractivity contribution in [2.45, 2.75) is 70.9 Å². The molecule has 3 amide bonds. The van der Waals surface area contributed by atoms with Crippen molar-refractivity contribution in [3.8, 4) is 0 Å². The summed E-state index contributed by atoms with van der Waals surface area (Å²) < 4.78 is 10.5. The molecule has 0 aliphatic carbocycles. The number of ether oxygens (including phenoxy) is 2. The predicted octanol–water partition coefficient (Wildman–Crippen LogP) is 2.92. The molecule has 2 aromatic carbocycles. The van der Waals surface area contributed by atoms with Crippen LogP contribution in [0.25, 0.3) is 0 Å². The molecular weight excluding hydrogens is 486 g/mol. The van der Waals surface area contributed by atoms with E-state index in [0.29, 0.717) is 13.0 Å². The number of hydrogen-bond acceptors (Lipinski definition) is 6. The first-order chi connectivity index (χ1) is 18.1. The fraction of sp³-hybridized carbons (Fsp3) is 0.448. The minimum Gasteiger partial charge on any atom is -0.445 e. The third-order valence-electron chi connectivity index (χ3n) is 6.75. The Morgan fingerprint density at radius 1 is 0.895 bits per heavy atom. The van der Waals surface area contributed by atoms with Gasteiger partial charge >= 0.3 is 6.09 Å². The van der Waals surface area contributed by atoms with Crippen LogP contribution in [0.15, 0.2) is 60.7 Å². The number of epoxide rings is 1. The molecule has 2 aromatic rings. The van der Waals surface area contributed by atoms with Gasteiger partial charge in [-0.25, -0.2) is 4.79 Å². The lowest BCUT2D eigenvalue weighted by atomic mass is 9.89. The standard InChI is InChI=1S/C29H37N3O6/c1-5-19(2)24(25(33)29(4)18-38-29)32-27(35)23(16-21-12-8-6-9-13-21)31-26(34)20(3)30-28(36)37-17-22-14-10-7-11-15-22/h6-15,19-20,23-24H,5,16-18H2,1-4H3,(H,30,36)(H,31,34)(H,32,35)/t19-,20?,23+,24?,29?/m1/s1. The molecule has 3 N–H and O–H groups in total. The smallest absolute Gasteiger partial charge is 0.408 e. The third-order valence-corrected chi connectivity index (χ3v) is 6.75. The van der Waals surface area contributed by atoms with E-state index in [9.17, 15) is 19.2 Å². The van der Waals surface area contributed by atoms with Crippen LogP contribution >= 0.6 is 0 Å². The Labute approximate surface area is 223 Å². The van der Waals surface area contributed by atoms with Crippen LogP contribution in [0.1, 0.15) is 45.2 Å². The second-order valence-electron chi connectivity index (χ2n) is 9.93. The minimum absolute atomic E-state index is 0.0632. The summed E-state index contributed by atoms with van der Waals surface area (Å²) in [6, 6.07) is 15.7. The average molecular weight is 524 g/mol. The number of carbonyl (C=O) groups is 4. The number of carbonyl (C=O) groups excluding carboxylic acids is 4. The molecule has 0 saturated carbocycles. The lowest BCUT2D eigenvalue weighted by molar-refractivity contribution is -0.134. The van der Waals surface area contributed by atoms with Gasteiger partial charge in [-0.1, -0.05) is 80.9 Å². The third kappa shape index (κ3) is 8.14. The molecule has 1 aliphatic rings. The molecule has 1 saturated heterocycles. The van der Waals surface area contributed by atoms with Gasteiger partial charge in [0.1, 0.15) is 24.3 Å². The fourth-order valence-electron chi connectivity index (χ4n) is 3.90. The maximum absolute atomic E-state index is 13.4. The summed E-state index contributed by atoms with van der Waals surface area (Å²) in [4.78, 5) is 51.7. The van der Waals surface area contributed by atoms with Crippen LogP contribution in [0.5, 0.6) is 0 Å². The Balaban J connectivity index is 1.66. The van der Waals surface area contributed by atoms with Crippen LogP contribution in [0.2, 0.25) is 0 Å². The van der Waals surface area contributed by atoms with Gasteiger partial charge < -0.3 is 25.4 Å². The highest BCUT2D eigenvalue weighted by Gasteiger charge is 2.51. The molecule has 0 aromatic heterocycles. The molecule has 0 bridgehead atoms. The summed E-state index contributed by atoms with van der Waals surface area (Å²) in [5.74, 6) is -1.34. The molecule has 3 unspecified atom stereocenters. The molecule has 5 atom stereocenters. The van der Waals surface area contributed by atoms with Crippen LogP contribution in [0, 0.1) is 5.92 Å². The fourth-order valence-corrected chi connectivity index (χ4v) is 3.90. The second kappa shape index (κ2) is 13.2. The van der Waals surface area contributed by atoms with Crippen LogP contribution in [-0.4, -0.2) is 54.0 Å². The number of benzene rings is 2. The van der Waals surface area contributed by atoms with Crippen molar-refractivity contribution in [1.82, 2.24) is 16.0 Å². The molecule has 0 radical (unpaired) electrons. The zero-order chi connectivity index (χ0) is 27.7. The molecule has 38 heavy (non-hydrogen) atoms. The van der Waals surface area contributed by atoms with Crippen molar-refractivity contribution in [1.29, 1.82) is 0 Å². The van der Waals surface area contributed by atoms with Gasteiger partial charge in [-0.2, -0.15) is 0 Å². The Kier molecular flexibility index (Phi) is 10.0. The monoisotopic (exact) mass is 523 g/mol. The molecule has 1 heterocycles. The van der Waals surface area contributed by atoms with Gasteiger partial charge in [0.05, 0.1) is 12.6 Å². The zero-order valence-corrected chi connectivity index (χ0v) is 22.4. The summed E-state index contributed by atoms with van der Waals surface area (Å²) in [5.41, 5.74) is 0.757. The first kappa shape index (κ1) is 28.8. The van der Waals surface area contributed by atoms with E-state index in [2.05, 4.69) is 16.0 Å². The normalized spacial score (nSPS) is 19.3. The van der Waals surface area contributed by atoms with E-state index in [1.54, 1.807) is 6.92 Å². The van der Waals surface area contributed by atoms with E-state index in [1.807, 2.05) is 74.5 Å². The predicted molar refractivity (Wildman–Crippen MR) is 142 cm³/mol. The number of alkyl carbamates (subject to hydrolysis) is 1. The quantitative estimate of drug-likeness (QED) is 0.347. The van der Waals surface area contributed by atoms with Gasteiger partial charge in [-0.15, -0.1) is 0 Å². The highest BCUT2D eigenvalue weighted by atomic mass is 16.6. The molecule has 204 valence electrons. The number of rotatable bonds is 13. The van der Waals surface area contributed by atoms with E-state index >= 15 is 0 Å². The summed E-state index contributed by atoms with van der Waals surface area (Å²) in [7, 11) is 0. The first-order valence-corrected chi connectivity index (χ1v) is 12.9. The minimum atomic E-state index is -0.971. The Morgan fingerprint density at radius 2 is 1.47 bits per heavy atom. The first-order valence-electron chi connectivity index (χ1n) is 12.9. The lowest BCUT2D eigenvalue weighted by Crippen LogP contribution is -2.58. The van der Waals surface area contributed by atoms with E-state index in [0.717, 1.165) is 11.1 Å². The number of nitrogens with one attached hydrogen (secondary N) is 3. The van der Waals surface area contributed by atoms with E-state index in [1.165, 1.54) is 6.92 Å². The summed E-state index contributed by atoms with van der Waals surface area (Å²) in [6.07, 6.45) is 0.133. The Morgan fingerprint density at radius 3 is 2.03 bits per heavy atom. The molecular formula is C29H37N3O6. The Hall–Kier alpha value is -3.72. The van der Waals surface area contributed by atoms with Crippen molar-refractivity contribution < 1.29 is 28.7 Å². The highest BCUT2D eigenvalue weighted by Crippen LogP contribution is 2.30. The number of hydrogen-bond donors (Lipinski definition) is 3. The van der Waals surface area contributed by atoms with Gasteiger partial charge in [-0.3, -0.25) is 14.4 Å². The summed E-state index contributed by atoms with van der Waals surface area (Å²) in [5, 5.41) is 8.10.